The average molecular weight is 305 g/mol. The number of nitrogens with zero attached hydrogens (tertiary/aromatic N) is 2. The molecule has 1 N–H and O–H groups in total. The smallest absolute Gasteiger partial charge is 0.122 e. The van der Waals surface area contributed by atoms with Gasteiger partial charge in [0.25, 0.3) is 0 Å². The third-order valence-electron chi connectivity index (χ3n) is 3.20. The van der Waals surface area contributed by atoms with Gasteiger partial charge in [0.05, 0.1) is 12.2 Å². The van der Waals surface area contributed by atoms with Crippen LogP contribution in [0, 0.1) is 0 Å². The van der Waals surface area contributed by atoms with Crippen molar-refractivity contribution in [2.24, 2.45) is 0 Å². The van der Waals surface area contributed by atoms with Crippen LogP contribution in [0.15, 0.2) is 47.5 Å². The van der Waals surface area contributed by atoms with Crippen molar-refractivity contribution in [2.75, 3.05) is 6.54 Å². The molecule has 0 spiro atoms. The van der Waals surface area contributed by atoms with E-state index in [0.717, 1.165) is 32.4 Å². The highest BCUT2D eigenvalue weighted by Crippen LogP contribution is 2.30. The van der Waals surface area contributed by atoms with Crippen LogP contribution in [0.1, 0.15) is 11.9 Å². The maximum absolute atomic E-state index is 9.59. The molecule has 0 atom stereocenters. The summed E-state index contributed by atoms with van der Waals surface area (Å²) in [6.45, 7) is 2.50. The molecule has 0 saturated carbocycles. The van der Waals surface area contributed by atoms with Gasteiger partial charge in [0.2, 0.25) is 0 Å². The van der Waals surface area contributed by atoms with E-state index in [-0.39, 0.29) is 0 Å². The largest absolute Gasteiger partial charge is 0.289 e. The Morgan fingerprint density at radius 2 is 2.05 bits per heavy atom. The lowest BCUT2D eigenvalue weighted by Gasteiger charge is -2.19. The molecule has 0 fully saturated rings. The number of benzene rings is 1. The van der Waals surface area contributed by atoms with Gasteiger partial charge in [-0.05, 0) is 30.7 Å². The molecular formula is C15H13ClN2OS. The summed E-state index contributed by atoms with van der Waals surface area (Å²) < 4.78 is 0. The Bertz CT molecular complexity index is 688. The Balaban J connectivity index is 1.94. The van der Waals surface area contributed by atoms with E-state index in [1.165, 1.54) is 5.06 Å². The Labute approximate surface area is 126 Å². The number of hydrogen-bond acceptors (Lipinski definition) is 4. The number of hydrogen-bond donors (Lipinski definition) is 1. The normalized spacial score (nSPS) is 15.1. The average Bonchev–Trinajstić information content (AvgIpc) is 2.92. The van der Waals surface area contributed by atoms with E-state index >= 15 is 0 Å². The van der Waals surface area contributed by atoms with Crippen LogP contribution in [0.25, 0.3) is 16.8 Å². The van der Waals surface area contributed by atoms with Gasteiger partial charge in [0.15, 0.2) is 0 Å². The zero-order valence-corrected chi connectivity index (χ0v) is 12.4. The van der Waals surface area contributed by atoms with Crippen molar-refractivity contribution in [3.63, 3.8) is 0 Å². The highest BCUT2D eigenvalue weighted by molar-refractivity contribution is 7.11. The van der Waals surface area contributed by atoms with Crippen LogP contribution >= 0.6 is 22.9 Å². The Morgan fingerprint density at radius 3 is 2.80 bits per heavy atom. The minimum Gasteiger partial charge on any atom is -0.289 e. The molecule has 0 radical (unpaired) electrons. The zero-order valence-electron chi connectivity index (χ0n) is 10.9. The minimum atomic E-state index is 0.468. The predicted octanol–water partition coefficient (Wildman–Crippen LogP) is 4.46. The number of allylic oxidation sites excluding steroid dienone is 2. The highest BCUT2D eigenvalue weighted by Gasteiger charge is 2.15. The van der Waals surface area contributed by atoms with Crippen LogP contribution in [-0.4, -0.2) is 21.8 Å². The van der Waals surface area contributed by atoms with Gasteiger partial charge >= 0.3 is 0 Å². The lowest BCUT2D eigenvalue weighted by molar-refractivity contribution is -0.0281. The second-order valence-corrected chi connectivity index (χ2v) is 5.91. The predicted molar refractivity (Wildman–Crippen MR) is 82.8 cm³/mol. The van der Waals surface area contributed by atoms with E-state index in [4.69, 9.17) is 11.6 Å². The molecule has 1 aromatic carbocycles. The van der Waals surface area contributed by atoms with Crippen molar-refractivity contribution in [1.82, 2.24) is 10.0 Å². The fraction of sp³-hybridized carbons (Fsp3) is 0.133. The summed E-state index contributed by atoms with van der Waals surface area (Å²) >= 11 is 7.48. The van der Waals surface area contributed by atoms with Gasteiger partial charge in [-0.1, -0.05) is 23.7 Å². The van der Waals surface area contributed by atoms with Gasteiger partial charge in [-0.25, -0.2) is 4.98 Å². The quantitative estimate of drug-likeness (QED) is 0.890. The summed E-state index contributed by atoms with van der Waals surface area (Å²) in [4.78, 5) is 4.66. The van der Waals surface area contributed by atoms with Crippen molar-refractivity contribution in [1.29, 1.82) is 0 Å². The first-order chi connectivity index (χ1) is 9.63. The molecule has 3 nitrogen and oxygen atoms in total. The lowest BCUT2D eigenvalue weighted by atomic mass is 10.1. The van der Waals surface area contributed by atoms with Crippen LogP contribution in [0.5, 0.6) is 0 Å². The number of hydroxylamine groups is 2. The molecule has 102 valence electrons. The van der Waals surface area contributed by atoms with E-state index in [0.29, 0.717) is 6.54 Å². The SMILES string of the molecule is CC1=C(c2nc(-c3ccc(Cl)cc3)cs2)CN(O)C=C1. The molecule has 0 amide bonds. The molecule has 20 heavy (non-hydrogen) atoms. The van der Waals surface area contributed by atoms with Crippen LogP contribution in [0.2, 0.25) is 5.02 Å². The summed E-state index contributed by atoms with van der Waals surface area (Å²) in [6.07, 6.45) is 3.55. The fourth-order valence-corrected chi connectivity index (χ4v) is 3.10. The summed E-state index contributed by atoms with van der Waals surface area (Å²) in [5.74, 6) is 0. The number of halogens is 1. The molecule has 5 heteroatoms. The van der Waals surface area contributed by atoms with Crippen molar-refractivity contribution in [2.45, 2.75) is 6.92 Å². The Morgan fingerprint density at radius 1 is 1.30 bits per heavy atom. The summed E-state index contributed by atoms with van der Waals surface area (Å²) in [6, 6.07) is 7.64. The highest BCUT2D eigenvalue weighted by atomic mass is 35.5. The molecule has 2 aromatic rings. The monoisotopic (exact) mass is 304 g/mol. The first-order valence-corrected chi connectivity index (χ1v) is 7.44. The first-order valence-electron chi connectivity index (χ1n) is 6.19. The lowest BCUT2D eigenvalue weighted by Crippen LogP contribution is -2.18. The van der Waals surface area contributed by atoms with Crippen molar-refractivity contribution >= 4 is 28.5 Å². The number of rotatable bonds is 2. The standard InChI is InChI=1S/C15H13ClN2OS/c1-10-6-7-18(19)8-13(10)15-17-14(9-20-15)11-2-4-12(16)5-3-11/h2-7,9,19H,8H2,1H3. The third kappa shape index (κ3) is 2.63. The molecule has 0 bridgehead atoms. The summed E-state index contributed by atoms with van der Waals surface area (Å²) in [5, 5.41) is 14.4. The zero-order chi connectivity index (χ0) is 14.1. The van der Waals surface area contributed by atoms with Gasteiger partial charge in [-0.15, -0.1) is 11.3 Å². The summed E-state index contributed by atoms with van der Waals surface area (Å²) in [7, 11) is 0. The first kappa shape index (κ1) is 13.4. The van der Waals surface area contributed by atoms with Crippen LogP contribution in [-0.2, 0) is 0 Å². The van der Waals surface area contributed by atoms with Crippen molar-refractivity contribution in [3.05, 3.63) is 57.5 Å². The molecular weight excluding hydrogens is 292 g/mol. The maximum atomic E-state index is 9.59. The molecule has 0 aliphatic carbocycles. The van der Waals surface area contributed by atoms with Crippen molar-refractivity contribution in [3.8, 4) is 11.3 Å². The Hall–Kier alpha value is -1.62. The van der Waals surface area contributed by atoms with E-state index < -0.39 is 0 Å². The molecule has 1 aromatic heterocycles. The fourth-order valence-electron chi connectivity index (χ4n) is 2.04. The molecule has 1 aliphatic heterocycles. The number of thiazole rings is 1. The van der Waals surface area contributed by atoms with Gasteiger partial charge < -0.3 is 0 Å². The van der Waals surface area contributed by atoms with Crippen LogP contribution in [0.3, 0.4) is 0 Å². The van der Waals surface area contributed by atoms with E-state index in [9.17, 15) is 5.21 Å². The molecule has 1 aliphatic rings. The molecule has 2 heterocycles. The van der Waals surface area contributed by atoms with Gasteiger partial charge in [-0.3, -0.25) is 10.3 Å². The summed E-state index contributed by atoms with van der Waals surface area (Å²) in [5.41, 5.74) is 4.16. The van der Waals surface area contributed by atoms with Crippen molar-refractivity contribution < 1.29 is 5.21 Å². The second kappa shape index (κ2) is 5.40. The van der Waals surface area contributed by atoms with Gasteiger partial charge in [-0.2, -0.15) is 0 Å². The van der Waals surface area contributed by atoms with E-state index in [1.807, 2.05) is 42.6 Å². The van der Waals surface area contributed by atoms with E-state index in [1.54, 1.807) is 17.5 Å². The molecule has 0 saturated heterocycles. The number of aromatic nitrogens is 1. The second-order valence-electron chi connectivity index (χ2n) is 4.62. The Kier molecular flexibility index (Phi) is 3.61. The van der Waals surface area contributed by atoms with Crippen LogP contribution in [0.4, 0.5) is 0 Å². The molecule has 0 unspecified atom stereocenters. The minimum absolute atomic E-state index is 0.468. The third-order valence-corrected chi connectivity index (χ3v) is 4.35. The molecule has 3 rings (SSSR count). The van der Waals surface area contributed by atoms with Gasteiger partial charge in [0.1, 0.15) is 5.01 Å². The van der Waals surface area contributed by atoms with Gasteiger partial charge in [0, 0.05) is 27.7 Å². The topological polar surface area (TPSA) is 36.4 Å². The van der Waals surface area contributed by atoms with Crippen LogP contribution < -0.4 is 0 Å². The maximum Gasteiger partial charge on any atom is 0.122 e. The van der Waals surface area contributed by atoms with E-state index in [2.05, 4.69) is 4.98 Å².